The van der Waals surface area contributed by atoms with Gasteiger partial charge < -0.3 is 5.32 Å². The number of hydrogen-bond acceptors (Lipinski definition) is 5. The number of hydrogen-bond donors (Lipinski definition) is 2. The molecule has 0 spiro atoms. The summed E-state index contributed by atoms with van der Waals surface area (Å²) in [5.41, 5.74) is 0.113. The van der Waals surface area contributed by atoms with Crippen LogP contribution in [0.5, 0.6) is 0 Å². The van der Waals surface area contributed by atoms with Gasteiger partial charge in [-0.3, -0.25) is 10.1 Å². The molecular formula is C12H17N3O4S. The first kappa shape index (κ1) is 14.7. The van der Waals surface area contributed by atoms with Gasteiger partial charge in [0.2, 0.25) is 10.0 Å². The predicted octanol–water partition coefficient (Wildman–Crippen LogP) is 1.71. The molecule has 0 radical (unpaired) electrons. The van der Waals surface area contributed by atoms with Crippen LogP contribution in [0.25, 0.3) is 0 Å². The van der Waals surface area contributed by atoms with Crippen LogP contribution >= 0.6 is 0 Å². The Bertz CT molecular complexity index is 630. The molecule has 2 atom stereocenters. The fourth-order valence-electron chi connectivity index (χ4n) is 1.94. The van der Waals surface area contributed by atoms with Gasteiger partial charge in [-0.2, -0.15) is 0 Å². The summed E-state index contributed by atoms with van der Waals surface area (Å²) in [6.07, 6.45) is 0.822. The van der Waals surface area contributed by atoms with E-state index in [1.165, 1.54) is 18.2 Å². The van der Waals surface area contributed by atoms with Crippen molar-refractivity contribution in [3.63, 3.8) is 0 Å². The molecule has 0 aliphatic heterocycles. The molecule has 1 saturated carbocycles. The van der Waals surface area contributed by atoms with Gasteiger partial charge in [0, 0.05) is 24.7 Å². The molecule has 0 amide bonds. The zero-order valence-corrected chi connectivity index (χ0v) is 12.1. The lowest BCUT2D eigenvalue weighted by molar-refractivity contribution is -0.384. The number of nitro groups is 1. The zero-order chi connectivity index (χ0) is 14.9. The van der Waals surface area contributed by atoms with E-state index in [9.17, 15) is 18.5 Å². The largest absolute Gasteiger partial charge is 0.384 e. The van der Waals surface area contributed by atoms with Crippen LogP contribution in [0.3, 0.4) is 0 Å². The van der Waals surface area contributed by atoms with Crippen LogP contribution in [-0.2, 0) is 10.0 Å². The summed E-state index contributed by atoms with van der Waals surface area (Å²) in [5, 5.41) is 13.6. The van der Waals surface area contributed by atoms with Crippen LogP contribution in [0, 0.1) is 16.0 Å². The van der Waals surface area contributed by atoms with Gasteiger partial charge in [0.15, 0.2) is 0 Å². The number of nitrogens with one attached hydrogen (secondary N) is 2. The molecule has 0 heterocycles. The maximum absolute atomic E-state index is 12.3. The van der Waals surface area contributed by atoms with Gasteiger partial charge in [-0.15, -0.1) is 0 Å². The maximum atomic E-state index is 12.3. The van der Waals surface area contributed by atoms with Crippen LogP contribution in [0.2, 0.25) is 0 Å². The standard InChI is InChI=1S/C12H17N3O4S/c1-3-13-11-7-9(15(16)17)4-5-12(11)20(18,19)14-10-6-8(10)2/h4-5,7-8,10,13-14H,3,6H2,1-2H3. The third kappa shape index (κ3) is 3.07. The van der Waals surface area contributed by atoms with Crippen molar-refractivity contribution >= 4 is 21.4 Å². The average molecular weight is 299 g/mol. The third-order valence-electron chi connectivity index (χ3n) is 3.25. The predicted molar refractivity (Wildman–Crippen MR) is 75.2 cm³/mol. The van der Waals surface area contributed by atoms with E-state index in [0.29, 0.717) is 12.5 Å². The molecule has 20 heavy (non-hydrogen) atoms. The normalized spacial score (nSPS) is 21.5. The smallest absolute Gasteiger partial charge is 0.271 e. The topological polar surface area (TPSA) is 101 Å². The molecule has 1 fully saturated rings. The van der Waals surface area contributed by atoms with Crippen LogP contribution in [0.15, 0.2) is 23.1 Å². The van der Waals surface area contributed by atoms with Crippen molar-refractivity contribution < 1.29 is 13.3 Å². The summed E-state index contributed by atoms with van der Waals surface area (Å²) in [4.78, 5) is 10.3. The van der Waals surface area contributed by atoms with Gasteiger partial charge in [-0.1, -0.05) is 6.92 Å². The molecule has 110 valence electrons. The van der Waals surface area contributed by atoms with Crippen LogP contribution < -0.4 is 10.0 Å². The summed E-state index contributed by atoms with van der Waals surface area (Å²) >= 11 is 0. The fraction of sp³-hybridized carbons (Fsp3) is 0.500. The molecule has 2 unspecified atom stereocenters. The minimum atomic E-state index is -3.66. The highest BCUT2D eigenvalue weighted by molar-refractivity contribution is 7.89. The molecule has 1 aromatic carbocycles. The SMILES string of the molecule is CCNc1cc([N+](=O)[O-])ccc1S(=O)(=O)NC1CC1C. The Kier molecular flexibility index (Phi) is 3.96. The Hall–Kier alpha value is -1.67. The van der Waals surface area contributed by atoms with Gasteiger partial charge in [-0.05, 0) is 25.3 Å². The fourth-order valence-corrected chi connectivity index (χ4v) is 3.47. The van der Waals surface area contributed by atoms with Gasteiger partial charge in [0.05, 0.1) is 10.6 Å². The van der Waals surface area contributed by atoms with Crippen molar-refractivity contribution in [3.8, 4) is 0 Å². The number of rotatable bonds is 6. The summed E-state index contributed by atoms with van der Waals surface area (Å²) in [5.74, 6) is 0.338. The van der Waals surface area contributed by atoms with Crippen molar-refractivity contribution in [2.75, 3.05) is 11.9 Å². The molecule has 1 aromatic rings. The van der Waals surface area contributed by atoms with Crippen molar-refractivity contribution in [1.82, 2.24) is 4.72 Å². The van der Waals surface area contributed by atoms with E-state index in [2.05, 4.69) is 10.0 Å². The highest BCUT2D eigenvalue weighted by atomic mass is 32.2. The molecule has 2 N–H and O–H groups in total. The lowest BCUT2D eigenvalue weighted by atomic mass is 10.3. The van der Waals surface area contributed by atoms with E-state index >= 15 is 0 Å². The molecular weight excluding hydrogens is 282 g/mol. The molecule has 1 aliphatic carbocycles. The van der Waals surface area contributed by atoms with Crippen molar-refractivity contribution in [2.24, 2.45) is 5.92 Å². The minimum absolute atomic E-state index is 0.0373. The molecule has 0 bridgehead atoms. The summed E-state index contributed by atoms with van der Waals surface area (Å²) in [6.45, 7) is 4.24. The second kappa shape index (κ2) is 5.37. The van der Waals surface area contributed by atoms with E-state index in [-0.39, 0.29) is 22.3 Å². The highest BCUT2D eigenvalue weighted by Gasteiger charge is 2.37. The lowest BCUT2D eigenvalue weighted by Crippen LogP contribution is -2.27. The Morgan fingerprint density at radius 2 is 2.10 bits per heavy atom. The molecule has 7 nitrogen and oxygen atoms in total. The number of nitrogens with zero attached hydrogens (tertiary/aromatic N) is 1. The van der Waals surface area contributed by atoms with Crippen molar-refractivity contribution in [1.29, 1.82) is 0 Å². The number of nitro benzene ring substituents is 1. The number of anilines is 1. The van der Waals surface area contributed by atoms with Crippen molar-refractivity contribution in [2.45, 2.75) is 31.2 Å². The van der Waals surface area contributed by atoms with Crippen LogP contribution in [-0.4, -0.2) is 25.9 Å². The van der Waals surface area contributed by atoms with Gasteiger partial charge in [-0.25, -0.2) is 13.1 Å². The lowest BCUT2D eigenvalue weighted by Gasteiger charge is -2.12. The van der Waals surface area contributed by atoms with Gasteiger partial charge in [0.25, 0.3) is 5.69 Å². The zero-order valence-electron chi connectivity index (χ0n) is 11.3. The van der Waals surface area contributed by atoms with E-state index < -0.39 is 14.9 Å². The quantitative estimate of drug-likeness (QED) is 0.615. The van der Waals surface area contributed by atoms with Gasteiger partial charge >= 0.3 is 0 Å². The Morgan fingerprint density at radius 3 is 2.60 bits per heavy atom. The molecule has 2 rings (SSSR count). The number of benzene rings is 1. The number of sulfonamides is 1. The second-order valence-electron chi connectivity index (χ2n) is 4.91. The molecule has 0 aromatic heterocycles. The third-order valence-corrected chi connectivity index (χ3v) is 4.79. The summed E-state index contributed by atoms with van der Waals surface area (Å²) in [6, 6.07) is 3.68. The maximum Gasteiger partial charge on any atom is 0.271 e. The van der Waals surface area contributed by atoms with E-state index in [1.807, 2.05) is 6.92 Å². The Balaban J connectivity index is 2.36. The second-order valence-corrected chi connectivity index (χ2v) is 6.59. The summed E-state index contributed by atoms with van der Waals surface area (Å²) in [7, 11) is -3.66. The molecule has 0 saturated heterocycles. The molecule has 8 heteroatoms. The average Bonchev–Trinajstić information content (AvgIpc) is 3.03. The first-order chi connectivity index (χ1) is 9.35. The van der Waals surface area contributed by atoms with Crippen LogP contribution in [0.4, 0.5) is 11.4 Å². The van der Waals surface area contributed by atoms with E-state index in [0.717, 1.165) is 6.42 Å². The van der Waals surface area contributed by atoms with Gasteiger partial charge in [0.1, 0.15) is 4.90 Å². The first-order valence-electron chi connectivity index (χ1n) is 6.39. The first-order valence-corrected chi connectivity index (χ1v) is 7.88. The van der Waals surface area contributed by atoms with Crippen molar-refractivity contribution in [3.05, 3.63) is 28.3 Å². The highest BCUT2D eigenvalue weighted by Crippen LogP contribution is 2.32. The Labute approximate surface area is 117 Å². The van der Waals surface area contributed by atoms with E-state index in [4.69, 9.17) is 0 Å². The molecule has 1 aliphatic rings. The van der Waals surface area contributed by atoms with Crippen LogP contribution in [0.1, 0.15) is 20.3 Å². The summed E-state index contributed by atoms with van der Waals surface area (Å²) < 4.78 is 27.2. The number of non-ortho nitro benzene ring substituents is 1. The monoisotopic (exact) mass is 299 g/mol. The van der Waals surface area contributed by atoms with E-state index in [1.54, 1.807) is 6.92 Å². The Morgan fingerprint density at radius 1 is 1.45 bits per heavy atom. The minimum Gasteiger partial charge on any atom is -0.384 e.